The lowest BCUT2D eigenvalue weighted by atomic mass is 10.1. The third-order valence-corrected chi connectivity index (χ3v) is 4.66. The molecule has 0 saturated carbocycles. The maximum absolute atomic E-state index is 12.0. The number of carbonyl (C=O) groups excluding carboxylic acids is 1. The van der Waals surface area contributed by atoms with E-state index in [1.807, 2.05) is 29.6 Å². The summed E-state index contributed by atoms with van der Waals surface area (Å²) in [4.78, 5) is 18.2. The number of amides is 1. The van der Waals surface area contributed by atoms with Crippen LogP contribution in [-0.2, 0) is 0 Å². The summed E-state index contributed by atoms with van der Waals surface area (Å²) in [6, 6.07) is 7.90. The third kappa shape index (κ3) is 3.63. The number of hydrogen-bond acceptors (Lipinski definition) is 4. The lowest BCUT2D eigenvalue weighted by Crippen LogP contribution is -2.37. The number of thiazole rings is 1. The van der Waals surface area contributed by atoms with Crippen molar-refractivity contribution >= 4 is 33.4 Å². The molecule has 1 aliphatic rings. The van der Waals surface area contributed by atoms with E-state index in [4.69, 9.17) is 4.74 Å². The van der Waals surface area contributed by atoms with Gasteiger partial charge < -0.3 is 9.64 Å². The molecule has 1 amide bonds. The molecular weight excluding hydrogens is 352 g/mol. The van der Waals surface area contributed by atoms with Crippen molar-refractivity contribution in [2.24, 2.45) is 0 Å². The number of nitrogens with zero attached hydrogens (tertiary/aromatic N) is 2. The highest BCUT2D eigenvalue weighted by molar-refractivity contribution is 9.10. The van der Waals surface area contributed by atoms with Gasteiger partial charge in [0.2, 0.25) is 0 Å². The first-order valence-electron chi connectivity index (χ1n) is 6.90. The second kappa shape index (κ2) is 6.58. The fourth-order valence-corrected chi connectivity index (χ4v) is 3.21. The van der Waals surface area contributed by atoms with Gasteiger partial charge in [-0.3, -0.25) is 0 Å². The summed E-state index contributed by atoms with van der Waals surface area (Å²) in [5, 5.41) is 2.31. The maximum atomic E-state index is 12.0. The molecule has 6 heteroatoms. The summed E-state index contributed by atoms with van der Waals surface area (Å²) < 4.78 is 6.39. The van der Waals surface area contributed by atoms with Crippen molar-refractivity contribution in [3.8, 4) is 16.5 Å². The van der Waals surface area contributed by atoms with Gasteiger partial charge in [-0.15, -0.1) is 0 Å². The number of ether oxygens (including phenoxy) is 1. The van der Waals surface area contributed by atoms with E-state index in [0.29, 0.717) is 5.19 Å². The van der Waals surface area contributed by atoms with Crippen molar-refractivity contribution in [3.63, 3.8) is 0 Å². The van der Waals surface area contributed by atoms with Gasteiger partial charge in [-0.2, -0.15) is 0 Å². The molecular formula is C15H15BrN2O2S. The fourth-order valence-electron chi connectivity index (χ4n) is 2.27. The third-order valence-electron chi connectivity index (χ3n) is 3.41. The normalized spacial score (nSPS) is 15.0. The molecule has 0 bridgehead atoms. The van der Waals surface area contributed by atoms with Crippen molar-refractivity contribution < 1.29 is 9.53 Å². The van der Waals surface area contributed by atoms with Crippen molar-refractivity contribution in [3.05, 3.63) is 34.1 Å². The van der Waals surface area contributed by atoms with Gasteiger partial charge in [-0.05, 0) is 31.4 Å². The van der Waals surface area contributed by atoms with Crippen LogP contribution in [0.1, 0.15) is 19.3 Å². The SMILES string of the molecule is O=C(Oc1nc(-c2ccc(Br)cc2)cs1)N1CCCCC1. The molecule has 2 heterocycles. The summed E-state index contributed by atoms with van der Waals surface area (Å²) in [6.45, 7) is 1.56. The predicted molar refractivity (Wildman–Crippen MR) is 86.7 cm³/mol. The van der Waals surface area contributed by atoms with Gasteiger partial charge in [0.15, 0.2) is 0 Å². The minimum atomic E-state index is -0.286. The Bertz CT molecular complexity index is 621. The van der Waals surface area contributed by atoms with Crippen LogP contribution in [0.5, 0.6) is 5.19 Å². The van der Waals surface area contributed by atoms with Gasteiger partial charge in [0, 0.05) is 28.5 Å². The molecule has 1 aliphatic heterocycles. The monoisotopic (exact) mass is 366 g/mol. The zero-order chi connectivity index (χ0) is 14.7. The molecule has 1 fully saturated rings. The highest BCUT2D eigenvalue weighted by atomic mass is 79.9. The Labute approximate surface area is 135 Å². The van der Waals surface area contributed by atoms with Crippen LogP contribution in [0.3, 0.4) is 0 Å². The van der Waals surface area contributed by atoms with Crippen LogP contribution in [0.2, 0.25) is 0 Å². The van der Waals surface area contributed by atoms with Crippen LogP contribution < -0.4 is 4.74 Å². The standard InChI is InChI=1S/C15H15BrN2O2S/c16-12-6-4-11(5-7-12)13-10-21-14(17-13)20-15(19)18-8-2-1-3-9-18/h4-7,10H,1-3,8-9H2. The van der Waals surface area contributed by atoms with Crippen LogP contribution in [0, 0.1) is 0 Å². The molecule has 0 unspecified atom stereocenters. The largest absolute Gasteiger partial charge is 0.417 e. The average Bonchev–Trinajstić information content (AvgIpc) is 2.97. The Morgan fingerprint density at radius 1 is 1.19 bits per heavy atom. The van der Waals surface area contributed by atoms with Crippen LogP contribution in [0.25, 0.3) is 11.3 Å². The van der Waals surface area contributed by atoms with Gasteiger partial charge in [0.25, 0.3) is 5.19 Å². The van der Waals surface area contributed by atoms with Crippen LogP contribution in [0.4, 0.5) is 4.79 Å². The number of rotatable bonds is 2. The van der Waals surface area contributed by atoms with Crippen LogP contribution in [-0.4, -0.2) is 29.1 Å². The minimum absolute atomic E-state index is 0.286. The first-order chi connectivity index (χ1) is 10.2. The van der Waals surface area contributed by atoms with Gasteiger partial charge in [0.05, 0.1) is 5.69 Å². The second-order valence-electron chi connectivity index (χ2n) is 4.92. The zero-order valence-corrected chi connectivity index (χ0v) is 13.8. The minimum Gasteiger partial charge on any atom is -0.381 e. The highest BCUT2D eigenvalue weighted by Gasteiger charge is 2.19. The van der Waals surface area contributed by atoms with Gasteiger partial charge in [-0.1, -0.05) is 39.4 Å². The zero-order valence-electron chi connectivity index (χ0n) is 11.4. The van der Waals surface area contributed by atoms with Gasteiger partial charge in [-0.25, -0.2) is 9.78 Å². The Balaban J connectivity index is 1.67. The number of benzene rings is 1. The van der Waals surface area contributed by atoms with Crippen molar-refractivity contribution in [1.29, 1.82) is 0 Å². The Kier molecular flexibility index (Phi) is 4.55. The van der Waals surface area contributed by atoms with E-state index in [-0.39, 0.29) is 6.09 Å². The molecule has 110 valence electrons. The molecule has 0 N–H and O–H groups in total. The molecule has 4 nitrogen and oxygen atoms in total. The summed E-state index contributed by atoms with van der Waals surface area (Å²) >= 11 is 4.76. The van der Waals surface area contributed by atoms with Crippen molar-refractivity contribution in [2.75, 3.05) is 13.1 Å². The van der Waals surface area contributed by atoms with Gasteiger partial charge in [0.1, 0.15) is 0 Å². The summed E-state index contributed by atoms with van der Waals surface area (Å²) in [6.07, 6.45) is 3.01. The Morgan fingerprint density at radius 3 is 2.62 bits per heavy atom. The summed E-state index contributed by atoms with van der Waals surface area (Å²) in [7, 11) is 0. The van der Waals surface area contributed by atoms with Crippen LogP contribution in [0.15, 0.2) is 34.1 Å². The van der Waals surface area contributed by atoms with E-state index < -0.39 is 0 Å². The first kappa shape index (κ1) is 14.5. The highest BCUT2D eigenvalue weighted by Crippen LogP contribution is 2.28. The quantitative estimate of drug-likeness (QED) is 0.782. The molecule has 1 saturated heterocycles. The molecule has 0 aliphatic carbocycles. The smallest absolute Gasteiger partial charge is 0.381 e. The van der Waals surface area contributed by atoms with E-state index >= 15 is 0 Å². The topological polar surface area (TPSA) is 42.4 Å². The second-order valence-corrected chi connectivity index (χ2v) is 6.66. The Hall–Kier alpha value is -1.40. The number of piperidine rings is 1. The number of hydrogen-bond donors (Lipinski definition) is 0. The molecule has 1 aromatic carbocycles. The van der Waals surface area contributed by atoms with Crippen molar-refractivity contribution in [1.82, 2.24) is 9.88 Å². The van der Waals surface area contributed by atoms with E-state index in [2.05, 4.69) is 20.9 Å². The predicted octanol–water partition coefficient (Wildman–Crippen LogP) is 4.56. The number of halogens is 1. The number of aromatic nitrogens is 1. The number of carbonyl (C=O) groups is 1. The summed E-state index contributed by atoms with van der Waals surface area (Å²) in [5.41, 5.74) is 1.84. The molecule has 0 spiro atoms. The van der Waals surface area contributed by atoms with E-state index in [0.717, 1.165) is 41.7 Å². The molecule has 1 aromatic heterocycles. The van der Waals surface area contributed by atoms with E-state index in [1.165, 1.54) is 17.8 Å². The van der Waals surface area contributed by atoms with E-state index in [1.54, 1.807) is 4.90 Å². The van der Waals surface area contributed by atoms with E-state index in [9.17, 15) is 4.79 Å². The lowest BCUT2D eigenvalue weighted by molar-refractivity contribution is 0.142. The average molecular weight is 367 g/mol. The first-order valence-corrected chi connectivity index (χ1v) is 8.58. The maximum Gasteiger partial charge on any atom is 0.417 e. The number of likely N-dealkylation sites (tertiary alicyclic amines) is 1. The molecule has 0 radical (unpaired) electrons. The molecule has 0 atom stereocenters. The summed E-state index contributed by atoms with van der Waals surface area (Å²) in [5.74, 6) is 0. The molecule has 3 rings (SSSR count). The fraction of sp³-hybridized carbons (Fsp3) is 0.333. The van der Waals surface area contributed by atoms with Gasteiger partial charge >= 0.3 is 6.09 Å². The van der Waals surface area contributed by atoms with Crippen LogP contribution >= 0.6 is 27.3 Å². The lowest BCUT2D eigenvalue weighted by Gasteiger charge is -2.24. The molecule has 2 aromatic rings. The molecule has 21 heavy (non-hydrogen) atoms. The Morgan fingerprint density at radius 2 is 1.90 bits per heavy atom. The van der Waals surface area contributed by atoms with Crippen molar-refractivity contribution in [2.45, 2.75) is 19.3 Å².